The summed E-state index contributed by atoms with van der Waals surface area (Å²) in [6, 6.07) is 16.8. The largest absolute Gasteiger partial charge is 0.484 e. The molecule has 0 aromatic heterocycles. The van der Waals surface area contributed by atoms with Gasteiger partial charge < -0.3 is 25.7 Å². The highest BCUT2D eigenvalue weighted by molar-refractivity contribution is 5.91. The number of carbonyl (C=O) groups is 2. The van der Waals surface area contributed by atoms with Crippen molar-refractivity contribution in [2.45, 2.75) is 19.0 Å². The molecule has 0 atom stereocenters. The molecule has 3 aromatic rings. The van der Waals surface area contributed by atoms with Crippen molar-refractivity contribution >= 4 is 29.4 Å². The van der Waals surface area contributed by atoms with Crippen molar-refractivity contribution in [3.05, 3.63) is 89.5 Å². The Morgan fingerprint density at radius 3 is 2.11 bits per heavy atom. The molecule has 0 heterocycles. The fraction of sp³-hybridized carbons (Fsp3) is 0.185. The maximum Gasteiger partial charge on any atom is 0.422 e. The first-order valence-corrected chi connectivity index (χ1v) is 11.2. The van der Waals surface area contributed by atoms with Crippen LogP contribution in [-0.2, 0) is 16.0 Å². The molecule has 0 aliphatic rings. The van der Waals surface area contributed by atoms with E-state index >= 15 is 0 Å². The number of nitrogens with two attached hydrogens (primary N) is 2. The summed E-state index contributed by atoms with van der Waals surface area (Å²) in [6.07, 6.45) is -0.310. The monoisotopic (exact) mass is 514 g/mol. The van der Waals surface area contributed by atoms with Crippen molar-refractivity contribution in [2.24, 2.45) is 0 Å². The summed E-state index contributed by atoms with van der Waals surface area (Å²) in [5.74, 6) is -0.945. The number of carbonyl (C=O) groups excluding carboxylic acids is 2. The molecule has 7 nitrogen and oxygen atoms in total. The first-order chi connectivity index (χ1) is 17.6. The zero-order valence-electron chi connectivity index (χ0n) is 19.7. The molecule has 37 heavy (non-hydrogen) atoms. The molecule has 0 fully saturated rings. The van der Waals surface area contributed by atoms with Crippen molar-refractivity contribution in [3.8, 4) is 11.5 Å². The number of hydrogen-bond donors (Lipinski definition) is 2. The fourth-order valence-electron chi connectivity index (χ4n) is 3.22. The highest BCUT2D eigenvalue weighted by atomic mass is 19.4. The highest BCUT2D eigenvalue weighted by Gasteiger charge is 2.28. The zero-order valence-corrected chi connectivity index (χ0v) is 19.7. The number of halogens is 3. The van der Waals surface area contributed by atoms with E-state index in [1.807, 2.05) is 12.1 Å². The SMILES string of the molecule is Nc1cc(N)cc(CCCOC(=O)C=Cc2ccc(OC(=O)c3ccc(OCC(F)(F)F)cc3)cc2)c1. The minimum atomic E-state index is -4.45. The molecule has 0 unspecified atom stereocenters. The molecule has 0 radical (unpaired) electrons. The maximum absolute atomic E-state index is 12.3. The quantitative estimate of drug-likeness (QED) is 0.126. The first kappa shape index (κ1) is 27.1. The van der Waals surface area contributed by atoms with Crippen LogP contribution in [0.25, 0.3) is 6.08 Å². The summed E-state index contributed by atoms with van der Waals surface area (Å²) in [4.78, 5) is 24.2. The smallest absolute Gasteiger partial charge is 0.422 e. The Labute approximate surface area is 211 Å². The van der Waals surface area contributed by atoms with E-state index in [0.29, 0.717) is 29.8 Å². The topological polar surface area (TPSA) is 114 Å². The van der Waals surface area contributed by atoms with Crippen molar-refractivity contribution in [3.63, 3.8) is 0 Å². The van der Waals surface area contributed by atoms with E-state index in [2.05, 4.69) is 4.74 Å². The lowest BCUT2D eigenvalue weighted by Gasteiger charge is -2.09. The van der Waals surface area contributed by atoms with Gasteiger partial charge in [-0.2, -0.15) is 13.2 Å². The Balaban J connectivity index is 1.42. The summed E-state index contributed by atoms with van der Waals surface area (Å²) in [6.45, 7) is -1.18. The van der Waals surface area contributed by atoms with Crippen LogP contribution in [0, 0.1) is 0 Å². The van der Waals surface area contributed by atoms with E-state index in [1.165, 1.54) is 30.3 Å². The number of hydrogen-bond acceptors (Lipinski definition) is 7. The Morgan fingerprint density at radius 1 is 0.865 bits per heavy atom. The molecule has 0 saturated carbocycles. The second-order valence-corrected chi connectivity index (χ2v) is 8.00. The van der Waals surface area contributed by atoms with E-state index < -0.39 is 24.7 Å². The molecule has 10 heteroatoms. The van der Waals surface area contributed by atoms with Gasteiger partial charge in [0.2, 0.25) is 0 Å². The van der Waals surface area contributed by atoms with E-state index in [-0.39, 0.29) is 23.7 Å². The standard InChI is InChI=1S/C27H25F3N2O5/c28-27(29,30)17-36-23-10-6-20(7-11-23)26(34)37-24-8-3-18(4-9-24)5-12-25(33)35-13-1-2-19-14-21(31)16-22(32)15-19/h3-12,14-16H,1-2,13,17,31-32H2. The van der Waals surface area contributed by atoms with Gasteiger partial charge >= 0.3 is 18.1 Å². The Kier molecular flexibility index (Phi) is 9.15. The second-order valence-electron chi connectivity index (χ2n) is 8.00. The molecule has 0 amide bonds. The zero-order chi connectivity index (χ0) is 26.8. The summed E-state index contributed by atoms with van der Waals surface area (Å²) in [7, 11) is 0. The van der Waals surface area contributed by atoms with Crippen LogP contribution in [0.1, 0.15) is 27.9 Å². The Hall–Kier alpha value is -4.47. The van der Waals surface area contributed by atoms with Gasteiger partial charge in [-0.1, -0.05) is 12.1 Å². The fourth-order valence-corrected chi connectivity index (χ4v) is 3.22. The summed E-state index contributed by atoms with van der Waals surface area (Å²) in [5, 5.41) is 0. The van der Waals surface area contributed by atoms with Crippen molar-refractivity contribution in [2.75, 3.05) is 24.7 Å². The predicted octanol–water partition coefficient (Wildman–Crippen LogP) is 5.20. The van der Waals surface area contributed by atoms with Crippen LogP contribution in [0.3, 0.4) is 0 Å². The van der Waals surface area contributed by atoms with Gasteiger partial charge in [-0.3, -0.25) is 0 Å². The third kappa shape index (κ3) is 9.60. The average Bonchev–Trinajstić information content (AvgIpc) is 2.84. The van der Waals surface area contributed by atoms with Crippen LogP contribution < -0.4 is 20.9 Å². The van der Waals surface area contributed by atoms with Gasteiger partial charge in [-0.15, -0.1) is 0 Å². The van der Waals surface area contributed by atoms with Crippen molar-refractivity contribution < 1.29 is 37.0 Å². The lowest BCUT2D eigenvalue weighted by molar-refractivity contribution is -0.153. The summed E-state index contributed by atoms with van der Waals surface area (Å²) < 4.78 is 51.7. The molecule has 194 valence electrons. The summed E-state index contributed by atoms with van der Waals surface area (Å²) >= 11 is 0. The molecule has 0 saturated heterocycles. The Morgan fingerprint density at radius 2 is 1.49 bits per heavy atom. The lowest BCUT2D eigenvalue weighted by atomic mass is 10.1. The maximum atomic E-state index is 12.3. The van der Waals surface area contributed by atoms with Gasteiger partial charge in [-0.25, -0.2) is 9.59 Å². The van der Waals surface area contributed by atoms with Gasteiger partial charge in [0, 0.05) is 17.5 Å². The van der Waals surface area contributed by atoms with E-state index in [4.69, 9.17) is 20.9 Å². The lowest BCUT2D eigenvalue weighted by Crippen LogP contribution is -2.19. The number of nitrogen functional groups attached to an aromatic ring is 2. The number of ether oxygens (including phenoxy) is 3. The molecule has 0 aliphatic carbocycles. The molecular formula is C27H25F3N2O5. The van der Waals surface area contributed by atoms with E-state index in [1.54, 1.807) is 36.4 Å². The van der Waals surface area contributed by atoms with E-state index in [0.717, 1.165) is 5.56 Å². The molecule has 3 rings (SSSR count). The van der Waals surface area contributed by atoms with Crippen molar-refractivity contribution in [1.82, 2.24) is 0 Å². The number of benzene rings is 3. The number of alkyl halides is 3. The average molecular weight is 515 g/mol. The molecular weight excluding hydrogens is 489 g/mol. The van der Waals surface area contributed by atoms with Crippen molar-refractivity contribution in [1.29, 1.82) is 0 Å². The minimum Gasteiger partial charge on any atom is -0.484 e. The predicted molar refractivity (Wildman–Crippen MR) is 133 cm³/mol. The van der Waals surface area contributed by atoms with Crippen LogP contribution in [0.2, 0.25) is 0 Å². The normalized spacial score (nSPS) is 11.3. The highest BCUT2D eigenvalue weighted by Crippen LogP contribution is 2.20. The van der Waals surface area contributed by atoms with Crippen LogP contribution in [-0.4, -0.2) is 31.3 Å². The third-order valence-corrected chi connectivity index (χ3v) is 4.89. The number of anilines is 2. The number of aryl methyl sites for hydroxylation is 1. The molecule has 0 aliphatic heterocycles. The van der Waals surface area contributed by atoms with Gasteiger partial charge in [0.15, 0.2) is 6.61 Å². The van der Waals surface area contributed by atoms with Crippen LogP contribution in [0.5, 0.6) is 11.5 Å². The van der Waals surface area contributed by atoms with Crippen LogP contribution in [0.4, 0.5) is 24.5 Å². The first-order valence-electron chi connectivity index (χ1n) is 11.2. The number of rotatable bonds is 10. The van der Waals surface area contributed by atoms with E-state index in [9.17, 15) is 22.8 Å². The van der Waals surface area contributed by atoms with Crippen LogP contribution in [0.15, 0.2) is 72.8 Å². The molecule has 3 aromatic carbocycles. The van der Waals surface area contributed by atoms with Gasteiger partial charge in [0.25, 0.3) is 0 Å². The van der Waals surface area contributed by atoms with Gasteiger partial charge in [0.05, 0.1) is 12.2 Å². The third-order valence-electron chi connectivity index (χ3n) is 4.89. The molecule has 4 N–H and O–H groups in total. The second kappa shape index (κ2) is 12.5. The molecule has 0 spiro atoms. The Bertz CT molecular complexity index is 1220. The number of esters is 2. The summed E-state index contributed by atoms with van der Waals surface area (Å²) in [5.41, 5.74) is 14.5. The minimum absolute atomic E-state index is 0.0184. The van der Waals surface area contributed by atoms with Gasteiger partial charge in [-0.05, 0) is 84.6 Å². The molecule has 0 bridgehead atoms. The van der Waals surface area contributed by atoms with Crippen LogP contribution >= 0.6 is 0 Å². The van der Waals surface area contributed by atoms with Gasteiger partial charge in [0.1, 0.15) is 11.5 Å².